The molecule has 3 aromatic carbocycles. The first kappa shape index (κ1) is 21.1. The van der Waals surface area contributed by atoms with Gasteiger partial charge in [-0.3, -0.25) is 0 Å². The highest BCUT2D eigenvalue weighted by Gasteiger charge is 2.33. The fourth-order valence-electron chi connectivity index (χ4n) is 4.03. The third-order valence-corrected chi connectivity index (χ3v) is 5.84. The number of methoxy groups -OCH3 is 2. The number of carbonyl (C=O) groups excluding carboxylic acids is 1. The van der Waals surface area contributed by atoms with Crippen LogP contribution in [0.5, 0.6) is 11.5 Å². The number of rotatable bonds is 4. The summed E-state index contributed by atoms with van der Waals surface area (Å²) in [5, 5.41) is 3.66. The van der Waals surface area contributed by atoms with Crippen molar-refractivity contribution in [3.8, 4) is 11.5 Å². The van der Waals surface area contributed by atoms with Crippen LogP contribution in [0, 0.1) is 6.92 Å². The van der Waals surface area contributed by atoms with E-state index in [4.69, 9.17) is 21.1 Å². The molecule has 0 radical (unpaired) electrons. The second-order valence-corrected chi connectivity index (χ2v) is 8.04. The zero-order valence-electron chi connectivity index (χ0n) is 17.8. The minimum atomic E-state index is -0.298. The number of urea groups is 1. The largest absolute Gasteiger partial charge is 0.493 e. The molecule has 1 aliphatic heterocycles. The molecule has 1 aliphatic rings. The average molecular weight is 437 g/mol. The Balaban J connectivity index is 1.76. The van der Waals surface area contributed by atoms with Crippen molar-refractivity contribution in [3.63, 3.8) is 0 Å². The summed E-state index contributed by atoms with van der Waals surface area (Å²) in [5.74, 6) is 1.32. The number of fused-ring (bicyclic) bond motifs is 1. The molecule has 0 fully saturated rings. The lowest BCUT2D eigenvalue weighted by Gasteiger charge is -2.38. The summed E-state index contributed by atoms with van der Waals surface area (Å²) in [7, 11) is 3.24. The number of nitrogens with one attached hydrogen (secondary N) is 1. The number of halogens is 1. The van der Waals surface area contributed by atoms with E-state index in [1.807, 2.05) is 72.5 Å². The Bertz CT molecular complexity index is 1100. The molecule has 0 aromatic heterocycles. The van der Waals surface area contributed by atoms with Gasteiger partial charge in [-0.2, -0.15) is 0 Å². The molecule has 160 valence electrons. The molecule has 1 atom stereocenters. The molecule has 1 unspecified atom stereocenters. The maximum absolute atomic E-state index is 13.3. The maximum atomic E-state index is 13.3. The van der Waals surface area contributed by atoms with E-state index in [2.05, 4.69) is 5.32 Å². The number of ether oxygens (including phenoxy) is 2. The van der Waals surface area contributed by atoms with Gasteiger partial charge in [0.15, 0.2) is 11.5 Å². The van der Waals surface area contributed by atoms with Crippen LogP contribution in [0.4, 0.5) is 10.5 Å². The summed E-state index contributed by atoms with van der Waals surface area (Å²) >= 11 is 6.31. The second-order valence-electron chi connectivity index (χ2n) is 7.60. The van der Waals surface area contributed by atoms with E-state index < -0.39 is 0 Å². The quantitative estimate of drug-likeness (QED) is 0.558. The molecule has 5 nitrogen and oxygen atoms in total. The number of hydrogen-bond acceptors (Lipinski definition) is 3. The van der Waals surface area contributed by atoms with Gasteiger partial charge in [-0.1, -0.05) is 41.4 Å². The lowest BCUT2D eigenvalue weighted by atomic mass is 9.88. The van der Waals surface area contributed by atoms with Crippen LogP contribution in [0.2, 0.25) is 5.02 Å². The van der Waals surface area contributed by atoms with Gasteiger partial charge in [-0.15, -0.1) is 0 Å². The third-order valence-electron chi connectivity index (χ3n) is 5.60. The molecule has 0 bridgehead atoms. The number of nitrogens with zero attached hydrogens (tertiary/aromatic N) is 1. The smallest absolute Gasteiger partial charge is 0.322 e. The van der Waals surface area contributed by atoms with E-state index in [0.29, 0.717) is 29.5 Å². The first-order valence-corrected chi connectivity index (χ1v) is 10.5. The molecule has 1 N–H and O–H groups in total. The van der Waals surface area contributed by atoms with Gasteiger partial charge in [0.25, 0.3) is 0 Å². The van der Waals surface area contributed by atoms with Crippen LogP contribution in [0.25, 0.3) is 0 Å². The van der Waals surface area contributed by atoms with Gasteiger partial charge in [0.1, 0.15) is 0 Å². The van der Waals surface area contributed by atoms with E-state index in [-0.39, 0.29) is 12.1 Å². The lowest BCUT2D eigenvalue weighted by Crippen LogP contribution is -2.43. The fraction of sp³-hybridized carbons (Fsp3) is 0.240. The van der Waals surface area contributed by atoms with Crippen LogP contribution in [-0.2, 0) is 6.42 Å². The Morgan fingerprint density at radius 1 is 1.03 bits per heavy atom. The van der Waals surface area contributed by atoms with E-state index in [1.54, 1.807) is 14.2 Å². The number of amides is 2. The van der Waals surface area contributed by atoms with Crippen LogP contribution in [0.15, 0.2) is 60.7 Å². The predicted octanol–water partition coefficient (Wildman–Crippen LogP) is 5.85. The minimum Gasteiger partial charge on any atom is -0.493 e. The molecule has 31 heavy (non-hydrogen) atoms. The van der Waals surface area contributed by atoms with Crippen molar-refractivity contribution in [3.05, 3.63) is 87.9 Å². The van der Waals surface area contributed by atoms with Crippen molar-refractivity contribution in [2.45, 2.75) is 19.4 Å². The highest BCUT2D eigenvalue weighted by molar-refractivity contribution is 6.30. The van der Waals surface area contributed by atoms with E-state index >= 15 is 0 Å². The van der Waals surface area contributed by atoms with Gasteiger partial charge < -0.3 is 19.7 Å². The Morgan fingerprint density at radius 2 is 1.74 bits per heavy atom. The number of aryl methyl sites for hydroxylation is 1. The molecular weight excluding hydrogens is 412 g/mol. The zero-order chi connectivity index (χ0) is 22.0. The lowest BCUT2D eigenvalue weighted by molar-refractivity contribution is 0.193. The van der Waals surface area contributed by atoms with E-state index in [0.717, 1.165) is 27.9 Å². The van der Waals surface area contributed by atoms with Crippen LogP contribution in [0.3, 0.4) is 0 Å². The standard InChI is InChI=1S/C25H25ClN2O3/c1-16-7-9-20(10-8-16)27-25(29)28-12-11-17-14-22(30-2)23(31-3)15-21(17)24(28)18-5-4-6-19(26)13-18/h4-10,13-15,24H,11-12H2,1-3H3,(H,27,29). The first-order valence-electron chi connectivity index (χ1n) is 10.1. The zero-order valence-corrected chi connectivity index (χ0v) is 18.6. The van der Waals surface area contributed by atoms with Crippen LogP contribution < -0.4 is 14.8 Å². The first-order chi connectivity index (χ1) is 15.0. The third kappa shape index (κ3) is 4.32. The van der Waals surface area contributed by atoms with Crippen molar-refractivity contribution < 1.29 is 14.3 Å². The molecule has 1 heterocycles. The second kappa shape index (κ2) is 8.90. The van der Waals surface area contributed by atoms with Crippen molar-refractivity contribution in [2.24, 2.45) is 0 Å². The highest BCUT2D eigenvalue weighted by Crippen LogP contribution is 2.41. The van der Waals surface area contributed by atoms with Crippen LogP contribution in [0.1, 0.15) is 28.3 Å². The molecular formula is C25H25ClN2O3. The molecule has 0 saturated heterocycles. The predicted molar refractivity (Wildman–Crippen MR) is 123 cm³/mol. The van der Waals surface area contributed by atoms with Crippen LogP contribution >= 0.6 is 11.6 Å². The Morgan fingerprint density at radius 3 is 2.42 bits per heavy atom. The number of benzene rings is 3. The van der Waals surface area contributed by atoms with Gasteiger partial charge in [-0.25, -0.2) is 4.79 Å². The average Bonchev–Trinajstić information content (AvgIpc) is 2.78. The summed E-state index contributed by atoms with van der Waals surface area (Å²) in [5.41, 5.74) is 4.98. The van der Waals surface area contributed by atoms with E-state index in [1.165, 1.54) is 0 Å². The Kier molecular flexibility index (Phi) is 6.05. The van der Waals surface area contributed by atoms with Gasteiger partial charge in [0.05, 0.1) is 20.3 Å². The molecule has 6 heteroatoms. The summed E-state index contributed by atoms with van der Waals surface area (Å²) in [6.45, 7) is 2.58. The van der Waals surface area contributed by atoms with Crippen molar-refractivity contribution in [1.29, 1.82) is 0 Å². The fourth-order valence-corrected chi connectivity index (χ4v) is 4.23. The number of carbonyl (C=O) groups is 1. The van der Waals surface area contributed by atoms with Gasteiger partial charge in [-0.05, 0) is 66.4 Å². The Hall–Kier alpha value is -3.18. The van der Waals surface area contributed by atoms with Gasteiger partial charge in [0, 0.05) is 17.3 Å². The SMILES string of the molecule is COc1cc2c(cc1OC)C(c1cccc(Cl)c1)N(C(=O)Nc1ccc(C)cc1)CC2. The highest BCUT2D eigenvalue weighted by atomic mass is 35.5. The van der Waals surface area contributed by atoms with Crippen molar-refractivity contribution >= 4 is 23.3 Å². The summed E-state index contributed by atoms with van der Waals surface area (Å²) in [6.07, 6.45) is 0.716. The van der Waals surface area contributed by atoms with Crippen LogP contribution in [-0.4, -0.2) is 31.7 Å². The van der Waals surface area contributed by atoms with Crippen molar-refractivity contribution in [1.82, 2.24) is 4.90 Å². The molecule has 4 rings (SSSR count). The minimum absolute atomic E-state index is 0.158. The number of anilines is 1. The summed E-state index contributed by atoms with van der Waals surface area (Å²) in [6, 6.07) is 18.9. The summed E-state index contributed by atoms with van der Waals surface area (Å²) < 4.78 is 11.0. The molecule has 3 aromatic rings. The normalized spacial score (nSPS) is 15.2. The van der Waals surface area contributed by atoms with Gasteiger partial charge in [0.2, 0.25) is 0 Å². The monoisotopic (exact) mass is 436 g/mol. The van der Waals surface area contributed by atoms with E-state index in [9.17, 15) is 4.79 Å². The molecule has 0 aliphatic carbocycles. The summed E-state index contributed by atoms with van der Waals surface area (Å²) in [4.78, 5) is 15.2. The van der Waals surface area contributed by atoms with Gasteiger partial charge >= 0.3 is 6.03 Å². The number of hydrogen-bond donors (Lipinski definition) is 1. The Labute approximate surface area is 187 Å². The maximum Gasteiger partial charge on any atom is 0.322 e. The van der Waals surface area contributed by atoms with Crippen molar-refractivity contribution in [2.75, 3.05) is 26.1 Å². The molecule has 2 amide bonds. The molecule has 0 saturated carbocycles. The molecule has 0 spiro atoms. The topological polar surface area (TPSA) is 50.8 Å².